The van der Waals surface area contributed by atoms with Crippen LogP contribution in [-0.4, -0.2) is 42.9 Å². The van der Waals surface area contributed by atoms with Crippen molar-refractivity contribution in [1.29, 1.82) is 0 Å². The standard InChI is InChI=1S/C19H25N7O/c1-13(2)26-12-20-24-18(26)14(3)21-19(27)25(4)11-16-10-17(23-22-16)15-8-6-5-7-9-15/h5-10,12-14H,11H2,1-4H3,(H,21,27)(H,22,23)/t14-/m1/s1. The Balaban J connectivity index is 1.61. The van der Waals surface area contributed by atoms with Gasteiger partial charge in [0.05, 0.1) is 24.0 Å². The molecule has 2 aromatic heterocycles. The van der Waals surface area contributed by atoms with Gasteiger partial charge in [-0.25, -0.2) is 4.79 Å². The molecule has 1 atom stereocenters. The van der Waals surface area contributed by atoms with Crippen LogP contribution in [0.3, 0.4) is 0 Å². The lowest BCUT2D eigenvalue weighted by atomic mass is 10.1. The highest BCUT2D eigenvalue weighted by Gasteiger charge is 2.19. The molecule has 0 spiro atoms. The van der Waals surface area contributed by atoms with Crippen LogP contribution in [-0.2, 0) is 6.54 Å². The van der Waals surface area contributed by atoms with Crippen molar-refractivity contribution in [3.63, 3.8) is 0 Å². The van der Waals surface area contributed by atoms with Crippen LogP contribution in [0.4, 0.5) is 4.79 Å². The zero-order valence-electron chi connectivity index (χ0n) is 16.0. The molecular formula is C19H25N7O. The van der Waals surface area contributed by atoms with Gasteiger partial charge < -0.3 is 14.8 Å². The lowest BCUT2D eigenvalue weighted by Crippen LogP contribution is -2.39. The number of nitrogens with one attached hydrogen (secondary N) is 2. The Bertz CT molecular complexity index is 884. The quantitative estimate of drug-likeness (QED) is 0.700. The van der Waals surface area contributed by atoms with Crippen molar-refractivity contribution in [2.24, 2.45) is 0 Å². The Kier molecular flexibility index (Phi) is 5.54. The summed E-state index contributed by atoms with van der Waals surface area (Å²) in [6.45, 7) is 6.43. The predicted octanol–water partition coefficient (Wildman–Crippen LogP) is 3.15. The van der Waals surface area contributed by atoms with Gasteiger partial charge in [-0.2, -0.15) is 5.10 Å². The molecule has 2 heterocycles. The Morgan fingerprint density at radius 2 is 2.00 bits per heavy atom. The van der Waals surface area contributed by atoms with E-state index in [1.54, 1.807) is 18.3 Å². The molecule has 1 aromatic carbocycles. The van der Waals surface area contributed by atoms with Crippen molar-refractivity contribution >= 4 is 6.03 Å². The summed E-state index contributed by atoms with van der Waals surface area (Å²) in [5, 5.41) is 18.4. The lowest BCUT2D eigenvalue weighted by molar-refractivity contribution is 0.202. The van der Waals surface area contributed by atoms with Gasteiger partial charge in [0.15, 0.2) is 5.82 Å². The van der Waals surface area contributed by atoms with Gasteiger partial charge in [0.2, 0.25) is 0 Å². The molecule has 0 radical (unpaired) electrons. The maximum absolute atomic E-state index is 12.5. The minimum absolute atomic E-state index is 0.184. The van der Waals surface area contributed by atoms with E-state index in [-0.39, 0.29) is 18.1 Å². The third-order valence-corrected chi connectivity index (χ3v) is 4.34. The maximum Gasteiger partial charge on any atom is 0.318 e. The smallest absolute Gasteiger partial charge is 0.318 e. The van der Waals surface area contributed by atoms with E-state index in [1.807, 2.05) is 47.9 Å². The van der Waals surface area contributed by atoms with E-state index in [0.29, 0.717) is 6.54 Å². The van der Waals surface area contributed by atoms with Gasteiger partial charge in [0.1, 0.15) is 6.33 Å². The minimum atomic E-state index is -0.244. The van der Waals surface area contributed by atoms with Crippen molar-refractivity contribution in [3.8, 4) is 11.3 Å². The van der Waals surface area contributed by atoms with E-state index in [1.165, 1.54) is 0 Å². The number of rotatable bonds is 6. The number of hydrogen-bond acceptors (Lipinski definition) is 4. The molecule has 0 aliphatic heterocycles. The molecular weight excluding hydrogens is 342 g/mol. The molecule has 142 valence electrons. The first-order valence-corrected chi connectivity index (χ1v) is 8.96. The number of H-pyrrole nitrogens is 1. The Morgan fingerprint density at radius 1 is 1.26 bits per heavy atom. The maximum atomic E-state index is 12.5. The summed E-state index contributed by atoms with van der Waals surface area (Å²) >= 11 is 0. The molecule has 27 heavy (non-hydrogen) atoms. The van der Waals surface area contributed by atoms with E-state index in [9.17, 15) is 4.79 Å². The first-order valence-electron chi connectivity index (χ1n) is 8.96. The highest BCUT2D eigenvalue weighted by molar-refractivity contribution is 5.74. The van der Waals surface area contributed by atoms with Crippen LogP contribution in [0.2, 0.25) is 0 Å². The van der Waals surface area contributed by atoms with Crippen LogP contribution >= 0.6 is 0 Å². The second kappa shape index (κ2) is 8.03. The largest absolute Gasteiger partial charge is 0.328 e. The monoisotopic (exact) mass is 367 g/mol. The molecule has 3 rings (SSSR count). The van der Waals surface area contributed by atoms with Crippen LogP contribution in [0.25, 0.3) is 11.3 Å². The molecule has 8 nitrogen and oxygen atoms in total. The Morgan fingerprint density at radius 3 is 2.70 bits per heavy atom. The third kappa shape index (κ3) is 4.33. The van der Waals surface area contributed by atoms with E-state index in [4.69, 9.17) is 0 Å². The number of benzene rings is 1. The molecule has 0 unspecified atom stereocenters. The summed E-state index contributed by atoms with van der Waals surface area (Å²) in [5.41, 5.74) is 2.76. The summed E-state index contributed by atoms with van der Waals surface area (Å²) in [6.07, 6.45) is 1.68. The van der Waals surface area contributed by atoms with Crippen molar-refractivity contribution in [1.82, 2.24) is 35.2 Å². The van der Waals surface area contributed by atoms with Gasteiger partial charge in [0.25, 0.3) is 0 Å². The first-order chi connectivity index (χ1) is 13.0. The van der Waals surface area contributed by atoms with E-state index >= 15 is 0 Å². The van der Waals surface area contributed by atoms with Crippen LogP contribution in [0.1, 0.15) is 44.4 Å². The number of aromatic amines is 1. The average molecular weight is 367 g/mol. The van der Waals surface area contributed by atoms with Crippen molar-refractivity contribution in [3.05, 3.63) is 54.2 Å². The van der Waals surface area contributed by atoms with Gasteiger partial charge >= 0.3 is 6.03 Å². The number of amides is 2. The molecule has 0 bridgehead atoms. The second-order valence-corrected chi connectivity index (χ2v) is 6.86. The van der Waals surface area contributed by atoms with Crippen molar-refractivity contribution < 1.29 is 4.79 Å². The zero-order valence-corrected chi connectivity index (χ0v) is 16.0. The van der Waals surface area contributed by atoms with Gasteiger partial charge in [-0.3, -0.25) is 5.10 Å². The first kappa shape index (κ1) is 18.6. The van der Waals surface area contributed by atoms with E-state index in [0.717, 1.165) is 22.8 Å². The highest BCUT2D eigenvalue weighted by atomic mass is 16.2. The zero-order chi connectivity index (χ0) is 19.4. The fourth-order valence-electron chi connectivity index (χ4n) is 2.85. The second-order valence-electron chi connectivity index (χ2n) is 6.86. The molecule has 8 heteroatoms. The molecule has 2 N–H and O–H groups in total. The molecule has 3 aromatic rings. The van der Waals surface area contributed by atoms with Crippen LogP contribution in [0.5, 0.6) is 0 Å². The molecule has 0 aliphatic carbocycles. The van der Waals surface area contributed by atoms with Crippen molar-refractivity contribution in [2.45, 2.75) is 39.4 Å². The fraction of sp³-hybridized carbons (Fsp3) is 0.368. The fourth-order valence-corrected chi connectivity index (χ4v) is 2.85. The number of carbonyl (C=O) groups is 1. The molecule has 0 fully saturated rings. The summed E-state index contributed by atoms with van der Waals surface area (Å²) in [6, 6.07) is 11.7. The Hall–Kier alpha value is -3.16. The number of hydrogen-bond donors (Lipinski definition) is 2. The summed E-state index contributed by atoms with van der Waals surface area (Å²) in [7, 11) is 1.75. The number of aromatic nitrogens is 5. The van der Waals surface area contributed by atoms with Gasteiger partial charge in [-0.15, -0.1) is 10.2 Å². The Labute approximate surface area is 158 Å². The average Bonchev–Trinajstić information content (AvgIpc) is 3.32. The van der Waals surface area contributed by atoms with E-state index in [2.05, 4.69) is 39.6 Å². The number of carbonyl (C=O) groups excluding carboxylic acids is 1. The van der Waals surface area contributed by atoms with Gasteiger partial charge in [-0.1, -0.05) is 30.3 Å². The summed E-state index contributed by atoms with van der Waals surface area (Å²) < 4.78 is 1.95. The third-order valence-electron chi connectivity index (χ3n) is 4.34. The van der Waals surface area contributed by atoms with Gasteiger partial charge in [0, 0.05) is 18.7 Å². The van der Waals surface area contributed by atoms with E-state index < -0.39 is 0 Å². The van der Waals surface area contributed by atoms with Crippen LogP contribution < -0.4 is 5.32 Å². The van der Waals surface area contributed by atoms with Crippen LogP contribution in [0, 0.1) is 0 Å². The summed E-state index contributed by atoms with van der Waals surface area (Å²) in [5.74, 6) is 0.736. The minimum Gasteiger partial charge on any atom is -0.328 e. The molecule has 0 aliphatic rings. The predicted molar refractivity (Wildman–Crippen MR) is 103 cm³/mol. The lowest BCUT2D eigenvalue weighted by Gasteiger charge is -2.21. The number of urea groups is 1. The molecule has 0 saturated heterocycles. The highest BCUT2D eigenvalue weighted by Crippen LogP contribution is 2.18. The normalized spacial score (nSPS) is 12.2. The number of nitrogens with zero attached hydrogens (tertiary/aromatic N) is 5. The van der Waals surface area contributed by atoms with Gasteiger partial charge in [-0.05, 0) is 26.8 Å². The van der Waals surface area contributed by atoms with Crippen molar-refractivity contribution in [2.75, 3.05) is 7.05 Å². The summed E-state index contributed by atoms with van der Waals surface area (Å²) in [4.78, 5) is 14.1. The van der Waals surface area contributed by atoms with Crippen LogP contribution in [0.15, 0.2) is 42.7 Å². The molecule has 0 saturated carbocycles. The SMILES string of the molecule is CC(C)n1cnnc1[C@@H](C)NC(=O)N(C)Cc1cc(-c2ccccc2)n[nH]1. The molecule has 2 amide bonds. The topological polar surface area (TPSA) is 91.7 Å².